The summed E-state index contributed by atoms with van der Waals surface area (Å²) in [5.41, 5.74) is 8.39. The van der Waals surface area contributed by atoms with Gasteiger partial charge in [0.25, 0.3) is 0 Å². The van der Waals surface area contributed by atoms with Gasteiger partial charge in [-0.25, -0.2) is 0 Å². The lowest BCUT2D eigenvalue weighted by molar-refractivity contribution is 0.0987. The topological polar surface area (TPSA) is 49.4 Å². The zero-order chi connectivity index (χ0) is 27.1. The lowest BCUT2D eigenvalue weighted by Gasteiger charge is -2.43. The van der Waals surface area contributed by atoms with E-state index in [9.17, 15) is 9.59 Å². The molecule has 1 N–H and O–H groups in total. The van der Waals surface area contributed by atoms with Crippen LogP contribution in [0.4, 0.5) is 22.7 Å². The van der Waals surface area contributed by atoms with Crippen molar-refractivity contribution >= 4 is 63.6 Å². The van der Waals surface area contributed by atoms with Crippen LogP contribution in [0.1, 0.15) is 51.3 Å². The first-order valence-corrected chi connectivity index (χ1v) is 13.4. The van der Waals surface area contributed by atoms with Gasteiger partial charge in [-0.3, -0.25) is 9.59 Å². The van der Waals surface area contributed by atoms with Crippen LogP contribution in [0.3, 0.4) is 0 Å². The minimum atomic E-state index is -0.355. The van der Waals surface area contributed by atoms with Crippen LogP contribution in [-0.2, 0) is 5.41 Å². The second-order valence-corrected chi connectivity index (χ2v) is 11.3. The standard InChI is InChI=1S/C33H22Cl2N2O2/c1-33(2)22-10-6-7-11-27(22)37(18-8-4-3-5-9-18)28-15-14-25-19(30(28)33)12-13-26(36-25)29-31(38)20-16-23(34)24(35)17-21(20)32(29)39/h3-17,36H,1-2H3. The molecule has 0 bridgehead atoms. The van der Waals surface area contributed by atoms with Gasteiger partial charge >= 0.3 is 0 Å². The van der Waals surface area contributed by atoms with Gasteiger partial charge in [-0.05, 0) is 59.7 Å². The summed E-state index contributed by atoms with van der Waals surface area (Å²) in [6.45, 7) is 4.48. The first kappa shape index (κ1) is 24.0. The van der Waals surface area contributed by atoms with Crippen LogP contribution in [-0.4, -0.2) is 11.6 Å². The number of fused-ring (bicyclic) bond motifs is 5. The summed E-state index contributed by atoms with van der Waals surface area (Å²) >= 11 is 12.3. The van der Waals surface area contributed by atoms with E-state index in [1.54, 1.807) is 0 Å². The summed E-state index contributed by atoms with van der Waals surface area (Å²) in [5.74, 6) is -0.710. The number of carbonyl (C=O) groups excluding carboxylic acids is 2. The number of nitrogens with zero attached hydrogens (tertiary/aromatic N) is 1. The number of hydrogen-bond donors (Lipinski definition) is 1. The maximum atomic E-state index is 13.3. The van der Waals surface area contributed by atoms with Gasteiger partial charge in [0.15, 0.2) is 11.6 Å². The molecule has 2 aliphatic heterocycles. The average molecular weight is 549 g/mol. The Morgan fingerprint density at radius 1 is 0.744 bits per heavy atom. The molecule has 0 radical (unpaired) electrons. The van der Waals surface area contributed by atoms with Gasteiger partial charge in [-0.15, -0.1) is 0 Å². The molecule has 0 aromatic heterocycles. The molecule has 0 atom stereocenters. The molecule has 0 unspecified atom stereocenters. The number of benzene rings is 4. The Morgan fingerprint density at radius 3 is 2.08 bits per heavy atom. The molecule has 0 saturated carbocycles. The third kappa shape index (κ3) is 3.38. The first-order valence-electron chi connectivity index (χ1n) is 12.7. The van der Waals surface area contributed by atoms with Crippen molar-refractivity contribution < 1.29 is 9.59 Å². The number of para-hydroxylation sites is 2. The van der Waals surface area contributed by atoms with Crippen LogP contribution >= 0.6 is 23.2 Å². The molecule has 4 nitrogen and oxygen atoms in total. The summed E-state index contributed by atoms with van der Waals surface area (Å²) in [5, 5.41) is 3.89. The Bertz CT molecular complexity index is 1780. The van der Waals surface area contributed by atoms with E-state index in [0.29, 0.717) is 5.70 Å². The van der Waals surface area contributed by atoms with Crippen LogP contribution < -0.4 is 10.2 Å². The van der Waals surface area contributed by atoms with Gasteiger partial charge in [-0.2, -0.15) is 0 Å². The summed E-state index contributed by atoms with van der Waals surface area (Å²) in [6, 6.07) is 25.9. The van der Waals surface area contributed by atoms with Gasteiger partial charge in [0.2, 0.25) is 0 Å². The molecule has 190 valence electrons. The Hall–Kier alpha value is -4.12. The third-order valence-corrected chi connectivity index (χ3v) is 8.60. The number of allylic oxidation sites excluding steroid dienone is 2. The second kappa shape index (κ2) is 8.44. The number of rotatable bonds is 1. The monoisotopic (exact) mass is 548 g/mol. The highest BCUT2D eigenvalue weighted by Gasteiger charge is 2.40. The molecule has 2 heterocycles. The highest BCUT2D eigenvalue weighted by molar-refractivity contribution is 6.45. The second-order valence-electron chi connectivity index (χ2n) is 10.5. The number of nitrogens with one attached hydrogen (secondary N) is 1. The molecule has 0 saturated heterocycles. The van der Waals surface area contributed by atoms with Crippen molar-refractivity contribution in [3.8, 4) is 0 Å². The molecule has 4 aromatic rings. The fourth-order valence-electron chi connectivity index (χ4n) is 6.09. The SMILES string of the molecule is CC1(C)c2ccccc2N(c2ccccc2)c2ccc3c(c21)C=CC(=C1C(=O)c2cc(Cl)c(Cl)cc2C1=O)N3. The molecule has 4 aromatic carbocycles. The maximum absolute atomic E-state index is 13.3. The van der Waals surface area contributed by atoms with E-state index in [0.717, 1.165) is 28.3 Å². The van der Waals surface area contributed by atoms with Gasteiger partial charge in [-0.1, -0.05) is 79.5 Å². The van der Waals surface area contributed by atoms with Crippen molar-refractivity contribution in [1.29, 1.82) is 0 Å². The quantitative estimate of drug-likeness (QED) is 0.190. The van der Waals surface area contributed by atoms with Crippen molar-refractivity contribution in [2.75, 3.05) is 10.2 Å². The first-order chi connectivity index (χ1) is 18.8. The average Bonchev–Trinajstić information content (AvgIpc) is 3.17. The zero-order valence-electron chi connectivity index (χ0n) is 21.2. The molecule has 6 heteroatoms. The minimum Gasteiger partial charge on any atom is -0.354 e. The predicted molar refractivity (Wildman–Crippen MR) is 158 cm³/mol. The number of ketones is 2. The maximum Gasteiger partial charge on any atom is 0.199 e. The molecule has 0 amide bonds. The van der Waals surface area contributed by atoms with Gasteiger partial charge in [0, 0.05) is 33.5 Å². The van der Waals surface area contributed by atoms with Gasteiger partial charge < -0.3 is 10.2 Å². The van der Waals surface area contributed by atoms with Crippen molar-refractivity contribution in [2.45, 2.75) is 19.3 Å². The number of anilines is 4. The normalized spacial score (nSPS) is 16.5. The van der Waals surface area contributed by atoms with E-state index < -0.39 is 0 Å². The van der Waals surface area contributed by atoms with Crippen LogP contribution in [0.25, 0.3) is 6.08 Å². The van der Waals surface area contributed by atoms with Gasteiger partial charge in [0.1, 0.15) is 0 Å². The highest BCUT2D eigenvalue weighted by atomic mass is 35.5. The number of halogens is 2. The summed E-state index contributed by atoms with van der Waals surface area (Å²) in [4.78, 5) is 28.9. The molecular formula is C33H22Cl2N2O2. The molecule has 7 rings (SSSR count). The van der Waals surface area contributed by atoms with E-state index in [-0.39, 0.29) is 43.7 Å². The molecule has 0 spiro atoms. The van der Waals surface area contributed by atoms with Crippen LogP contribution in [0.5, 0.6) is 0 Å². The molecule has 3 aliphatic rings. The molecular weight excluding hydrogens is 527 g/mol. The minimum absolute atomic E-state index is 0.0958. The predicted octanol–water partition coefficient (Wildman–Crippen LogP) is 8.87. The Balaban J connectivity index is 1.40. The number of hydrogen-bond acceptors (Lipinski definition) is 4. The van der Waals surface area contributed by atoms with E-state index in [2.05, 4.69) is 66.5 Å². The Labute approximate surface area is 236 Å². The van der Waals surface area contributed by atoms with Crippen LogP contribution in [0.15, 0.2) is 96.2 Å². The van der Waals surface area contributed by atoms with Crippen LogP contribution in [0, 0.1) is 0 Å². The van der Waals surface area contributed by atoms with Crippen molar-refractivity contribution in [2.24, 2.45) is 0 Å². The Morgan fingerprint density at radius 2 is 1.38 bits per heavy atom. The zero-order valence-corrected chi connectivity index (χ0v) is 22.7. The van der Waals surface area contributed by atoms with Crippen molar-refractivity contribution in [3.63, 3.8) is 0 Å². The fourth-order valence-corrected chi connectivity index (χ4v) is 6.42. The summed E-state index contributed by atoms with van der Waals surface area (Å²) in [7, 11) is 0. The summed E-state index contributed by atoms with van der Waals surface area (Å²) < 4.78 is 0. The van der Waals surface area contributed by atoms with E-state index in [1.807, 2.05) is 36.4 Å². The third-order valence-electron chi connectivity index (χ3n) is 7.88. The highest BCUT2D eigenvalue weighted by Crippen LogP contribution is 2.54. The fraction of sp³-hybridized carbons (Fsp3) is 0.0909. The summed E-state index contributed by atoms with van der Waals surface area (Å²) in [6.07, 6.45) is 3.83. The number of Topliss-reactive ketones (excluding diaryl/α,β-unsaturated/α-hetero) is 2. The van der Waals surface area contributed by atoms with E-state index >= 15 is 0 Å². The molecule has 39 heavy (non-hydrogen) atoms. The van der Waals surface area contributed by atoms with E-state index in [4.69, 9.17) is 23.2 Å². The largest absolute Gasteiger partial charge is 0.354 e. The van der Waals surface area contributed by atoms with E-state index in [1.165, 1.54) is 23.3 Å². The lowest BCUT2D eigenvalue weighted by atomic mass is 9.71. The molecule has 0 fully saturated rings. The number of carbonyl (C=O) groups is 2. The lowest BCUT2D eigenvalue weighted by Crippen LogP contribution is -2.32. The van der Waals surface area contributed by atoms with Crippen molar-refractivity contribution in [3.05, 3.63) is 134 Å². The smallest absolute Gasteiger partial charge is 0.199 e. The Kier molecular flexibility index (Phi) is 5.18. The van der Waals surface area contributed by atoms with Gasteiger partial charge in [0.05, 0.1) is 32.7 Å². The molecule has 1 aliphatic carbocycles. The van der Waals surface area contributed by atoms with Crippen LogP contribution in [0.2, 0.25) is 10.0 Å². The van der Waals surface area contributed by atoms with Crippen molar-refractivity contribution in [1.82, 2.24) is 0 Å².